The van der Waals surface area contributed by atoms with E-state index in [0.29, 0.717) is 17.7 Å². The van der Waals surface area contributed by atoms with Gasteiger partial charge in [0.1, 0.15) is 22.1 Å². The number of carboxylic acid groups (broad SMARTS) is 1. The molecule has 0 spiro atoms. The van der Waals surface area contributed by atoms with Crippen LogP contribution in [0.15, 0.2) is 39.2 Å². The van der Waals surface area contributed by atoms with Crippen LogP contribution >= 0.6 is 23.1 Å². The number of anilines is 1. The van der Waals surface area contributed by atoms with Gasteiger partial charge in [-0.2, -0.15) is 14.3 Å². The Hall–Kier alpha value is -3.88. The lowest BCUT2D eigenvalue weighted by Gasteiger charge is -2.13. The molecule has 10 nitrogen and oxygen atoms in total. The van der Waals surface area contributed by atoms with E-state index < -0.39 is 23.6 Å². The molecule has 5 rings (SSSR count). The monoisotopic (exact) mass is 498 g/mol. The summed E-state index contributed by atoms with van der Waals surface area (Å²) in [6.07, 6.45) is -0.282. The third-order valence-corrected chi connectivity index (χ3v) is 6.39. The fourth-order valence-electron chi connectivity index (χ4n) is 3.20. The lowest BCUT2D eigenvalue weighted by atomic mass is 10.1. The van der Waals surface area contributed by atoms with Gasteiger partial charge in [-0.3, -0.25) is 10.1 Å². The van der Waals surface area contributed by atoms with Gasteiger partial charge in [0.25, 0.3) is 5.89 Å². The van der Waals surface area contributed by atoms with Gasteiger partial charge < -0.3 is 18.7 Å². The number of oxazole rings is 2. The molecule has 3 aromatic heterocycles. The molecule has 1 aliphatic carbocycles. The fourth-order valence-corrected chi connectivity index (χ4v) is 4.10. The minimum absolute atomic E-state index is 0.00345. The van der Waals surface area contributed by atoms with Crippen LogP contribution in [-0.4, -0.2) is 31.5 Å². The number of carbonyl (C=O) groups excluding carboxylic acids is 1. The third kappa shape index (κ3) is 4.09. The normalized spacial score (nSPS) is 14.8. The predicted molar refractivity (Wildman–Crippen MR) is 121 cm³/mol. The Morgan fingerprint density at radius 3 is 2.68 bits per heavy atom. The number of ether oxygens (including phenoxy) is 1. The number of nitrogens with one attached hydrogen (secondary N) is 1. The summed E-state index contributed by atoms with van der Waals surface area (Å²) in [7, 11) is 0. The average Bonchev–Trinajstić information content (AvgIpc) is 3.26. The van der Waals surface area contributed by atoms with Crippen molar-refractivity contribution in [1.29, 1.82) is 0 Å². The van der Waals surface area contributed by atoms with Crippen molar-refractivity contribution in [1.82, 2.24) is 14.3 Å². The van der Waals surface area contributed by atoms with Crippen molar-refractivity contribution in [2.75, 3.05) is 5.32 Å². The molecular formula is C22H15ClN4O6S. The Morgan fingerprint density at radius 2 is 2.00 bits per heavy atom. The van der Waals surface area contributed by atoms with Crippen molar-refractivity contribution in [3.8, 4) is 11.8 Å². The Bertz CT molecular complexity index is 1430. The summed E-state index contributed by atoms with van der Waals surface area (Å²) in [6.45, 7) is 1.75. The van der Waals surface area contributed by atoms with Crippen LogP contribution in [0.4, 0.5) is 10.5 Å². The van der Waals surface area contributed by atoms with Crippen molar-refractivity contribution in [2.24, 2.45) is 0 Å². The molecule has 0 saturated heterocycles. The van der Waals surface area contributed by atoms with Crippen molar-refractivity contribution in [3.63, 3.8) is 0 Å². The zero-order valence-electron chi connectivity index (χ0n) is 17.5. The molecule has 1 amide bonds. The Balaban J connectivity index is 1.30. The molecule has 1 saturated carbocycles. The molecule has 2 N–H and O–H groups in total. The molecule has 0 bridgehead atoms. The van der Waals surface area contributed by atoms with Crippen molar-refractivity contribution >= 4 is 52.3 Å². The van der Waals surface area contributed by atoms with Crippen LogP contribution in [0.25, 0.3) is 11.4 Å². The molecule has 1 aromatic carbocycles. The van der Waals surface area contributed by atoms with Crippen LogP contribution in [0.1, 0.15) is 48.1 Å². The molecule has 34 heavy (non-hydrogen) atoms. The largest absolute Gasteiger partial charge is 0.480 e. The van der Waals surface area contributed by atoms with Crippen LogP contribution in [0, 0.1) is 11.8 Å². The van der Waals surface area contributed by atoms with E-state index in [2.05, 4.69) is 31.5 Å². The predicted octanol–water partition coefficient (Wildman–Crippen LogP) is 4.75. The van der Waals surface area contributed by atoms with Gasteiger partial charge in [0.05, 0.1) is 0 Å². The Labute approximate surface area is 201 Å². The van der Waals surface area contributed by atoms with Gasteiger partial charge >= 0.3 is 17.8 Å². The average molecular weight is 499 g/mol. The first-order valence-electron chi connectivity index (χ1n) is 10.1. The van der Waals surface area contributed by atoms with Crippen molar-refractivity contribution in [3.05, 3.63) is 57.7 Å². The number of hydrogen-bond acceptors (Lipinski definition) is 9. The minimum atomic E-state index is -1.10. The SMILES string of the molecule is CC(OC(=O)Nc1c(Cl)nsc1C#Cc1nc2nc(C3(C(=O)O)CC3)oc2o1)c1ccccc1. The first-order valence-corrected chi connectivity index (χ1v) is 11.2. The summed E-state index contributed by atoms with van der Waals surface area (Å²) < 4.78 is 20.3. The highest BCUT2D eigenvalue weighted by atomic mass is 35.5. The molecule has 3 heterocycles. The van der Waals surface area contributed by atoms with Crippen LogP contribution in [0.3, 0.4) is 0 Å². The van der Waals surface area contributed by atoms with Crippen LogP contribution in [-0.2, 0) is 14.9 Å². The molecular weight excluding hydrogens is 484 g/mol. The summed E-state index contributed by atoms with van der Waals surface area (Å²) >= 11 is 7.09. The zero-order chi connectivity index (χ0) is 23.9. The van der Waals surface area contributed by atoms with E-state index in [1.807, 2.05) is 30.3 Å². The van der Waals surface area contributed by atoms with E-state index in [-0.39, 0.29) is 34.0 Å². The number of benzene rings is 1. The van der Waals surface area contributed by atoms with E-state index in [0.717, 1.165) is 17.1 Å². The number of fused-ring (bicyclic) bond motifs is 1. The van der Waals surface area contributed by atoms with Gasteiger partial charge in [0.15, 0.2) is 5.15 Å². The van der Waals surface area contributed by atoms with E-state index in [9.17, 15) is 14.7 Å². The molecule has 1 aliphatic rings. The second-order valence-corrected chi connectivity index (χ2v) is 8.68. The molecule has 1 fully saturated rings. The number of nitrogens with zero attached hydrogens (tertiary/aromatic N) is 3. The number of amides is 1. The maximum atomic E-state index is 12.4. The van der Waals surface area contributed by atoms with Crippen LogP contribution < -0.4 is 5.32 Å². The lowest BCUT2D eigenvalue weighted by Crippen LogP contribution is -2.19. The second kappa shape index (κ2) is 8.48. The quantitative estimate of drug-likeness (QED) is 0.373. The maximum Gasteiger partial charge on any atom is 0.412 e. The van der Waals surface area contributed by atoms with Crippen molar-refractivity contribution < 1.29 is 28.3 Å². The summed E-state index contributed by atoms with van der Waals surface area (Å²) in [4.78, 5) is 32.4. The lowest BCUT2D eigenvalue weighted by molar-refractivity contribution is -0.140. The minimum Gasteiger partial charge on any atom is -0.480 e. The van der Waals surface area contributed by atoms with Gasteiger partial charge in [-0.1, -0.05) is 41.9 Å². The standard InChI is InChI=1S/C22H15ClN4O6S/c1-11(12-5-3-2-4-6-12)31-21(30)25-15-13(34-27-16(15)23)7-8-14-24-17-18(32-14)33-19(26-17)22(9-10-22)20(28)29/h2-6,11H,9-10H2,1H3,(H,25,30)(H,28,29). The highest BCUT2D eigenvalue weighted by Gasteiger charge is 2.56. The number of rotatable bonds is 5. The Morgan fingerprint density at radius 1 is 1.24 bits per heavy atom. The summed E-state index contributed by atoms with van der Waals surface area (Å²) in [5, 5.41) is 12.0. The molecule has 4 aromatic rings. The smallest absolute Gasteiger partial charge is 0.412 e. The summed E-state index contributed by atoms with van der Waals surface area (Å²) in [6, 6.07) is 9.28. The Kier molecular flexibility index (Phi) is 5.47. The maximum absolute atomic E-state index is 12.4. The van der Waals surface area contributed by atoms with Gasteiger partial charge in [-0.15, -0.1) is 0 Å². The number of halogens is 1. The van der Waals surface area contributed by atoms with Crippen molar-refractivity contribution in [2.45, 2.75) is 31.3 Å². The molecule has 172 valence electrons. The van der Waals surface area contributed by atoms with E-state index in [1.165, 1.54) is 0 Å². The van der Waals surface area contributed by atoms with E-state index in [4.69, 9.17) is 25.2 Å². The highest BCUT2D eigenvalue weighted by Crippen LogP contribution is 2.48. The van der Waals surface area contributed by atoms with E-state index in [1.54, 1.807) is 6.92 Å². The first kappa shape index (κ1) is 21.9. The number of aromatic nitrogens is 3. The summed E-state index contributed by atoms with van der Waals surface area (Å²) in [5.41, 5.74) is 0.0816. The number of aliphatic carboxylic acids is 1. The number of carboxylic acids is 1. The molecule has 1 atom stereocenters. The van der Waals surface area contributed by atoms with Gasteiger partial charge in [-0.25, -0.2) is 4.79 Å². The highest BCUT2D eigenvalue weighted by molar-refractivity contribution is 7.07. The third-order valence-electron chi connectivity index (χ3n) is 5.26. The molecule has 0 aliphatic heterocycles. The van der Waals surface area contributed by atoms with Gasteiger partial charge in [0, 0.05) is 0 Å². The number of hydrogen-bond donors (Lipinski definition) is 2. The van der Waals surface area contributed by atoms with Gasteiger partial charge in [0.2, 0.25) is 11.5 Å². The zero-order valence-corrected chi connectivity index (χ0v) is 19.1. The molecule has 0 radical (unpaired) electrons. The summed E-state index contributed by atoms with van der Waals surface area (Å²) in [5.74, 6) is 4.58. The fraction of sp³-hybridized carbons (Fsp3) is 0.227. The van der Waals surface area contributed by atoms with E-state index >= 15 is 0 Å². The van der Waals surface area contributed by atoms with Crippen LogP contribution in [0.5, 0.6) is 0 Å². The molecule has 1 unspecified atom stereocenters. The number of carbonyl (C=O) groups is 2. The molecule has 12 heteroatoms. The topological polar surface area (TPSA) is 141 Å². The second-order valence-electron chi connectivity index (χ2n) is 7.55. The van der Waals surface area contributed by atoms with Gasteiger partial charge in [-0.05, 0) is 48.7 Å². The first-order chi connectivity index (χ1) is 16.4. The van der Waals surface area contributed by atoms with Crippen LogP contribution in [0.2, 0.25) is 5.15 Å².